The van der Waals surface area contributed by atoms with Crippen molar-refractivity contribution in [3.8, 4) is 0 Å². The van der Waals surface area contributed by atoms with Crippen LogP contribution in [0.5, 0.6) is 0 Å². The van der Waals surface area contributed by atoms with Crippen LogP contribution in [0.25, 0.3) is 0 Å². The average molecular weight is 537 g/mol. The van der Waals surface area contributed by atoms with Gasteiger partial charge in [0, 0.05) is 11.3 Å². The van der Waals surface area contributed by atoms with E-state index in [4.69, 9.17) is 0 Å². The molecule has 1 aromatic rings. The highest BCUT2D eigenvalue weighted by molar-refractivity contribution is 7.64. The second-order valence-corrected chi connectivity index (χ2v) is 10.9. The van der Waals surface area contributed by atoms with Gasteiger partial charge >= 0.3 is 0 Å². The van der Waals surface area contributed by atoms with E-state index in [9.17, 15) is 28.8 Å². The first-order chi connectivity index (χ1) is 17.6. The summed E-state index contributed by atoms with van der Waals surface area (Å²) in [5.41, 5.74) is 4.46. The molecule has 1 aromatic carbocycles. The second kappa shape index (κ2) is 14.9. The van der Waals surface area contributed by atoms with Gasteiger partial charge in [0.05, 0.1) is 32.7 Å². The number of amides is 6. The summed E-state index contributed by atoms with van der Waals surface area (Å²) in [4.78, 5) is 74.3. The quantitative estimate of drug-likeness (QED) is 0.154. The fourth-order valence-corrected chi connectivity index (χ4v) is 4.45. The highest BCUT2D eigenvalue weighted by Crippen LogP contribution is 2.27. The Bertz CT molecular complexity index is 1030. The molecule has 0 unspecified atom stereocenters. The third kappa shape index (κ3) is 10.1. The molecule has 1 aliphatic heterocycles. The molecule has 0 spiro atoms. The molecule has 2 bridgehead atoms. The van der Waals surface area contributed by atoms with E-state index in [1.807, 2.05) is 13.3 Å². The Morgan fingerprint density at radius 3 is 1.95 bits per heavy atom. The predicted octanol–water partition coefficient (Wildman–Crippen LogP) is -3.02. The maximum atomic E-state index is 13.1. The molecule has 6 amide bonds. The maximum Gasteiger partial charge on any atom is 0.252 e. The van der Waals surface area contributed by atoms with Crippen LogP contribution in [0.1, 0.15) is 29.6 Å². The van der Waals surface area contributed by atoms with Crippen LogP contribution in [0.3, 0.4) is 0 Å². The largest absolute Gasteiger partial charge is 0.358 e. The molecular formula is C23H35N7O6P+. The maximum absolute atomic E-state index is 13.1. The molecule has 1 atom stereocenters. The smallest absolute Gasteiger partial charge is 0.252 e. The van der Waals surface area contributed by atoms with Gasteiger partial charge in [0.25, 0.3) is 5.91 Å². The van der Waals surface area contributed by atoms with Crippen LogP contribution in [-0.2, 0) is 24.0 Å². The highest BCUT2D eigenvalue weighted by atomic mass is 31.1. The molecule has 1 heterocycles. The van der Waals surface area contributed by atoms with Crippen molar-refractivity contribution in [2.45, 2.75) is 25.3 Å². The molecule has 202 valence electrons. The van der Waals surface area contributed by atoms with Crippen molar-refractivity contribution in [3.05, 3.63) is 23.8 Å². The highest BCUT2D eigenvalue weighted by Gasteiger charge is 2.23. The zero-order chi connectivity index (χ0) is 27.4. The van der Waals surface area contributed by atoms with E-state index >= 15 is 0 Å². The van der Waals surface area contributed by atoms with Gasteiger partial charge in [-0.05, 0) is 50.0 Å². The van der Waals surface area contributed by atoms with Crippen LogP contribution >= 0.6 is 7.92 Å². The number of benzene rings is 1. The zero-order valence-electron chi connectivity index (χ0n) is 21.1. The van der Waals surface area contributed by atoms with Crippen LogP contribution < -0.4 is 42.9 Å². The van der Waals surface area contributed by atoms with E-state index in [0.717, 1.165) is 11.7 Å². The first-order valence-electron chi connectivity index (χ1n) is 11.9. The van der Waals surface area contributed by atoms with Gasteiger partial charge in [-0.3, -0.25) is 28.8 Å². The number of quaternary nitrogens is 1. The third-order valence-corrected chi connectivity index (χ3v) is 6.74. The molecule has 0 fully saturated rings. The molecule has 2 rings (SSSR count). The number of hydrogen-bond donors (Lipinski definition) is 7. The first kappa shape index (κ1) is 29.7. The Morgan fingerprint density at radius 2 is 1.38 bits per heavy atom. The lowest BCUT2D eigenvalue weighted by atomic mass is 10.1. The van der Waals surface area contributed by atoms with Gasteiger partial charge in [0.15, 0.2) is 0 Å². The van der Waals surface area contributed by atoms with Crippen molar-refractivity contribution in [1.29, 1.82) is 0 Å². The van der Waals surface area contributed by atoms with E-state index in [1.165, 1.54) is 6.07 Å². The predicted molar refractivity (Wildman–Crippen MR) is 138 cm³/mol. The summed E-state index contributed by atoms with van der Waals surface area (Å²) < 4.78 is 0. The number of nitrogens with one attached hydrogen (secondary N) is 6. The van der Waals surface area contributed by atoms with Crippen molar-refractivity contribution in [2.75, 3.05) is 51.4 Å². The van der Waals surface area contributed by atoms with Crippen LogP contribution in [0.2, 0.25) is 0 Å². The van der Waals surface area contributed by atoms with Gasteiger partial charge in [-0.2, -0.15) is 0 Å². The Labute approximate surface area is 216 Å². The Balaban J connectivity index is 2.31. The van der Waals surface area contributed by atoms with Crippen molar-refractivity contribution < 1.29 is 34.5 Å². The van der Waals surface area contributed by atoms with Crippen LogP contribution in [-0.4, -0.2) is 87.5 Å². The van der Waals surface area contributed by atoms with Gasteiger partial charge in [-0.25, -0.2) is 0 Å². The minimum Gasteiger partial charge on any atom is -0.358 e. The van der Waals surface area contributed by atoms with E-state index in [1.54, 1.807) is 12.1 Å². The summed E-state index contributed by atoms with van der Waals surface area (Å²) in [6.07, 6.45) is 1.76. The number of carbonyl (C=O) groups is 6. The summed E-state index contributed by atoms with van der Waals surface area (Å²) in [5, 5.41) is 15.7. The molecule has 0 aliphatic carbocycles. The van der Waals surface area contributed by atoms with E-state index in [0.29, 0.717) is 30.6 Å². The average Bonchev–Trinajstić information content (AvgIpc) is 2.86. The lowest BCUT2D eigenvalue weighted by molar-refractivity contribution is -0.368. The molecule has 0 saturated heterocycles. The lowest BCUT2D eigenvalue weighted by Crippen LogP contribution is -2.51. The topological polar surface area (TPSA) is 202 Å². The number of fused-ring (bicyclic) bond motifs is 2. The summed E-state index contributed by atoms with van der Waals surface area (Å²) in [6.45, 7) is 3.08. The molecule has 14 heteroatoms. The SMILES string of the molecule is CP(C)c1ccc2cc1C(=O)NCC(=O)NCC(=O)NCC(=O)NCC(=O)N[C@@H](CCCC[NH3+])C(=O)N2. The number of carbonyl (C=O) groups excluding carboxylic acids is 6. The monoisotopic (exact) mass is 536 g/mol. The second-order valence-electron chi connectivity index (χ2n) is 8.60. The molecule has 9 N–H and O–H groups in total. The zero-order valence-corrected chi connectivity index (χ0v) is 22.0. The summed E-state index contributed by atoms with van der Waals surface area (Å²) in [5.74, 6) is -3.38. The van der Waals surface area contributed by atoms with Gasteiger partial charge in [-0.1, -0.05) is 14.0 Å². The normalized spacial score (nSPS) is 18.6. The summed E-state index contributed by atoms with van der Waals surface area (Å²) >= 11 is 0. The van der Waals surface area contributed by atoms with Gasteiger partial charge in [0.1, 0.15) is 6.04 Å². The Kier molecular flexibility index (Phi) is 11.9. The third-order valence-electron chi connectivity index (χ3n) is 5.38. The van der Waals surface area contributed by atoms with Crippen LogP contribution in [0, 0.1) is 0 Å². The van der Waals surface area contributed by atoms with Gasteiger partial charge in [0.2, 0.25) is 29.5 Å². The van der Waals surface area contributed by atoms with Crippen LogP contribution in [0.4, 0.5) is 5.69 Å². The van der Waals surface area contributed by atoms with Crippen LogP contribution in [0.15, 0.2) is 18.2 Å². The first-order valence-corrected chi connectivity index (χ1v) is 14.1. The molecule has 13 nitrogen and oxygen atoms in total. The molecule has 1 aliphatic rings. The molecule has 0 saturated carbocycles. The number of rotatable bonds is 5. The fourth-order valence-electron chi connectivity index (χ4n) is 3.43. The van der Waals surface area contributed by atoms with Crippen molar-refractivity contribution in [3.63, 3.8) is 0 Å². The fraction of sp³-hybridized carbons (Fsp3) is 0.478. The van der Waals surface area contributed by atoms with Crippen molar-refractivity contribution in [1.82, 2.24) is 26.6 Å². The van der Waals surface area contributed by atoms with Gasteiger partial charge in [-0.15, -0.1) is 0 Å². The standard InChI is InChI=1S/C23H34N7O6P/c1-37(2)17-7-6-14-9-15(17)22(35)28-12-20(33)26-10-18(31)25-11-19(32)27-13-21(34)30-16(23(36)29-14)5-3-4-8-24/h6-7,9,16H,3-5,8,10-13,24H2,1-2H3,(H,25,31)(H,26,33)(H,27,32)(H,28,35)(H,29,36)(H,30,34)/p+1/t16-/m0/s1. The minimum atomic E-state index is -0.878. The van der Waals surface area contributed by atoms with Crippen molar-refractivity contribution in [2.24, 2.45) is 0 Å². The number of unbranched alkanes of at least 4 members (excludes halogenated alkanes) is 1. The number of anilines is 1. The van der Waals surface area contributed by atoms with Gasteiger partial charge < -0.3 is 37.6 Å². The number of hydrogen-bond acceptors (Lipinski definition) is 6. The van der Waals surface area contributed by atoms with E-state index in [-0.39, 0.29) is 19.6 Å². The molecule has 0 radical (unpaired) electrons. The van der Waals surface area contributed by atoms with E-state index in [2.05, 4.69) is 37.6 Å². The Hall–Kier alpha value is -3.57. The molecular weight excluding hydrogens is 501 g/mol. The molecule has 37 heavy (non-hydrogen) atoms. The Morgan fingerprint density at radius 1 is 0.811 bits per heavy atom. The summed E-state index contributed by atoms with van der Waals surface area (Å²) in [7, 11) is -0.685. The molecule has 0 aromatic heterocycles. The lowest BCUT2D eigenvalue weighted by Gasteiger charge is -2.20. The van der Waals surface area contributed by atoms with E-state index < -0.39 is 56.0 Å². The minimum absolute atomic E-state index is 0.314. The van der Waals surface area contributed by atoms with Crippen molar-refractivity contribution >= 4 is 54.4 Å². The summed E-state index contributed by atoms with van der Waals surface area (Å²) in [6, 6.07) is 4.08.